The minimum Gasteiger partial charge on any atom is -0.394 e. The predicted octanol–water partition coefficient (Wildman–Crippen LogP) is 2.78. The fourth-order valence-electron chi connectivity index (χ4n) is 1.96. The molecule has 1 rings (SSSR count). The van der Waals surface area contributed by atoms with E-state index >= 15 is 0 Å². The van der Waals surface area contributed by atoms with E-state index < -0.39 is 0 Å². The molecule has 1 aromatic rings. The molecule has 0 bridgehead atoms. The Labute approximate surface area is 98.2 Å². The molecule has 1 aromatic heterocycles. The lowest BCUT2D eigenvalue weighted by atomic mass is 9.99. The molecule has 0 aliphatic carbocycles. The number of nitrogens with zero attached hydrogens (tertiary/aromatic N) is 2. The summed E-state index contributed by atoms with van der Waals surface area (Å²) in [6, 6.07) is 0. The van der Waals surface area contributed by atoms with E-state index in [4.69, 9.17) is 5.73 Å². The zero-order valence-electron chi connectivity index (χ0n) is 11.1. The number of aryl methyl sites for hydroxylation is 2. The van der Waals surface area contributed by atoms with Crippen LogP contribution in [0.4, 0.5) is 11.5 Å². The van der Waals surface area contributed by atoms with Gasteiger partial charge in [-0.15, -0.1) is 0 Å². The van der Waals surface area contributed by atoms with Gasteiger partial charge in [0.05, 0.1) is 11.4 Å². The smallest absolute Gasteiger partial charge is 0.148 e. The van der Waals surface area contributed by atoms with Crippen LogP contribution in [0.2, 0.25) is 0 Å². The average molecular weight is 224 g/mol. The Morgan fingerprint density at radius 2 is 2.00 bits per heavy atom. The second kappa shape index (κ2) is 4.76. The summed E-state index contributed by atoms with van der Waals surface area (Å²) in [5.74, 6) is 0.957. The lowest BCUT2D eigenvalue weighted by Gasteiger charge is -2.27. The molecular formula is C12H24N4. The molecule has 0 amide bonds. The Hall–Kier alpha value is -1.19. The molecule has 0 spiro atoms. The Morgan fingerprint density at radius 3 is 2.50 bits per heavy atom. The van der Waals surface area contributed by atoms with Gasteiger partial charge in [-0.2, -0.15) is 5.10 Å². The summed E-state index contributed by atoms with van der Waals surface area (Å²) < 4.78 is 1.93. The fourth-order valence-corrected chi connectivity index (χ4v) is 1.96. The van der Waals surface area contributed by atoms with Gasteiger partial charge in [-0.3, -0.25) is 0 Å². The van der Waals surface area contributed by atoms with Gasteiger partial charge in [0, 0.05) is 12.1 Å². The summed E-state index contributed by atoms with van der Waals surface area (Å²) >= 11 is 0. The van der Waals surface area contributed by atoms with Crippen molar-refractivity contribution in [3.8, 4) is 0 Å². The van der Waals surface area contributed by atoms with Crippen molar-refractivity contribution in [1.29, 1.82) is 0 Å². The van der Waals surface area contributed by atoms with E-state index in [1.165, 1.54) is 0 Å². The highest BCUT2D eigenvalue weighted by Crippen LogP contribution is 2.27. The van der Waals surface area contributed by atoms with Crippen molar-refractivity contribution >= 4 is 11.5 Å². The molecule has 0 radical (unpaired) electrons. The van der Waals surface area contributed by atoms with Crippen molar-refractivity contribution < 1.29 is 0 Å². The Bertz CT molecular complexity index is 352. The van der Waals surface area contributed by atoms with Crippen LogP contribution >= 0.6 is 0 Å². The molecule has 3 N–H and O–H groups in total. The maximum absolute atomic E-state index is 6.04. The molecule has 0 aromatic carbocycles. The Balaban J connectivity index is 2.95. The molecule has 0 atom stereocenters. The van der Waals surface area contributed by atoms with Gasteiger partial charge < -0.3 is 11.1 Å². The van der Waals surface area contributed by atoms with Crippen LogP contribution in [0.3, 0.4) is 0 Å². The van der Waals surface area contributed by atoms with Crippen molar-refractivity contribution in [2.75, 3.05) is 11.1 Å². The monoisotopic (exact) mass is 224 g/mol. The Morgan fingerprint density at radius 1 is 1.38 bits per heavy atom. The van der Waals surface area contributed by atoms with E-state index in [9.17, 15) is 0 Å². The number of aromatic nitrogens is 2. The summed E-state index contributed by atoms with van der Waals surface area (Å²) in [6.07, 6.45) is 2.26. The molecule has 0 aliphatic heterocycles. The number of hydrogen-bond donors (Lipinski definition) is 2. The van der Waals surface area contributed by atoms with Gasteiger partial charge in [0.15, 0.2) is 0 Å². The van der Waals surface area contributed by atoms with Crippen LogP contribution in [-0.4, -0.2) is 15.3 Å². The third-order valence-corrected chi connectivity index (χ3v) is 2.81. The van der Waals surface area contributed by atoms with Gasteiger partial charge in [-0.1, -0.05) is 13.3 Å². The number of nitrogen functional groups attached to an aromatic ring is 1. The standard InChI is InChI=1S/C12H24N4/c1-6-8-12(4,5)14-11-10(13)9(3)15-16(11)7-2/h14H,6-8,13H2,1-5H3. The first-order chi connectivity index (χ1) is 7.41. The first-order valence-electron chi connectivity index (χ1n) is 6.02. The molecule has 0 fully saturated rings. The molecular weight excluding hydrogens is 200 g/mol. The molecule has 4 nitrogen and oxygen atoms in total. The molecule has 16 heavy (non-hydrogen) atoms. The van der Waals surface area contributed by atoms with E-state index in [-0.39, 0.29) is 5.54 Å². The summed E-state index contributed by atoms with van der Waals surface area (Å²) in [6.45, 7) is 11.4. The van der Waals surface area contributed by atoms with Crippen molar-refractivity contribution in [2.24, 2.45) is 0 Å². The minimum absolute atomic E-state index is 0.0578. The van der Waals surface area contributed by atoms with E-state index in [1.54, 1.807) is 0 Å². The van der Waals surface area contributed by atoms with Crippen LogP contribution in [0.5, 0.6) is 0 Å². The van der Waals surface area contributed by atoms with Crippen LogP contribution in [0, 0.1) is 6.92 Å². The summed E-state index contributed by atoms with van der Waals surface area (Å²) in [5, 5.41) is 7.91. The van der Waals surface area contributed by atoms with Gasteiger partial charge in [0.25, 0.3) is 0 Å². The van der Waals surface area contributed by atoms with E-state index in [0.717, 1.165) is 36.6 Å². The van der Waals surface area contributed by atoms with Crippen LogP contribution in [0.25, 0.3) is 0 Å². The maximum atomic E-state index is 6.04. The van der Waals surface area contributed by atoms with Gasteiger partial charge >= 0.3 is 0 Å². The molecule has 1 heterocycles. The number of nitrogens with one attached hydrogen (secondary N) is 1. The first-order valence-corrected chi connectivity index (χ1v) is 6.02. The second-order valence-electron chi connectivity index (χ2n) is 4.92. The molecule has 0 unspecified atom stereocenters. The lowest BCUT2D eigenvalue weighted by molar-refractivity contribution is 0.501. The molecule has 0 saturated heterocycles. The third-order valence-electron chi connectivity index (χ3n) is 2.81. The van der Waals surface area contributed by atoms with Gasteiger partial charge in [0.2, 0.25) is 0 Å². The summed E-state index contributed by atoms with van der Waals surface area (Å²) in [4.78, 5) is 0. The third kappa shape index (κ3) is 2.68. The zero-order chi connectivity index (χ0) is 12.3. The van der Waals surface area contributed by atoms with Crippen molar-refractivity contribution in [1.82, 2.24) is 9.78 Å². The molecule has 0 aliphatic rings. The predicted molar refractivity (Wildman–Crippen MR) is 69.7 cm³/mol. The van der Waals surface area contributed by atoms with Crippen LogP contribution < -0.4 is 11.1 Å². The van der Waals surface area contributed by atoms with Crippen molar-refractivity contribution in [3.05, 3.63) is 5.69 Å². The van der Waals surface area contributed by atoms with Crippen LogP contribution in [0.1, 0.15) is 46.2 Å². The zero-order valence-corrected chi connectivity index (χ0v) is 11.1. The molecule has 4 heteroatoms. The van der Waals surface area contributed by atoms with Gasteiger partial charge in [-0.25, -0.2) is 4.68 Å². The van der Waals surface area contributed by atoms with E-state index in [1.807, 2.05) is 11.6 Å². The first kappa shape index (κ1) is 12.9. The van der Waals surface area contributed by atoms with Crippen LogP contribution in [0.15, 0.2) is 0 Å². The number of nitrogens with two attached hydrogens (primary N) is 1. The van der Waals surface area contributed by atoms with E-state index in [2.05, 4.69) is 38.1 Å². The van der Waals surface area contributed by atoms with E-state index in [0.29, 0.717) is 0 Å². The second-order valence-corrected chi connectivity index (χ2v) is 4.92. The minimum atomic E-state index is 0.0578. The topological polar surface area (TPSA) is 55.9 Å². The molecule has 92 valence electrons. The number of hydrogen-bond acceptors (Lipinski definition) is 3. The molecule has 0 saturated carbocycles. The average Bonchev–Trinajstić information content (AvgIpc) is 2.45. The Kier molecular flexibility index (Phi) is 3.83. The highest BCUT2D eigenvalue weighted by Gasteiger charge is 2.21. The number of rotatable bonds is 5. The highest BCUT2D eigenvalue weighted by atomic mass is 15.3. The highest BCUT2D eigenvalue weighted by molar-refractivity contribution is 5.65. The summed E-state index contributed by atoms with van der Waals surface area (Å²) in [7, 11) is 0. The largest absolute Gasteiger partial charge is 0.394 e. The van der Waals surface area contributed by atoms with Gasteiger partial charge in [0.1, 0.15) is 5.82 Å². The van der Waals surface area contributed by atoms with Crippen molar-refractivity contribution in [3.63, 3.8) is 0 Å². The quantitative estimate of drug-likeness (QED) is 0.808. The van der Waals surface area contributed by atoms with Gasteiger partial charge in [-0.05, 0) is 34.1 Å². The fraction of sp³-hybridized carbons (Fsp3) is 0.750. The van der Waals surface area contributed by atoms with Crippen LogP contribution in [-0.2, 0) is 6.54 Å². The SMILES string of the molecule is CCCC(C)(C)Nc1c(N)c(C)nn1CC. The normalized spacial score (nSPS) is 11.8. The maximum Gasteiger partial charge on any atom is 0.148 e. The van der Waals surface area contributed by atoms with Crippen molar-refractivity contribution in [2.45, 2.75) is 59.5 Å². The lowest BCUT2D eigenvalue weighted by Crippen LogP contribution is -2.32. The summed E-state index contributed by atoms with van der Waals surface area (Å²) in [5.41, 5.74) is 7.76. The number of anilines is 2.